The van der Waals surface area contributed by atoms with E-state index in [0.29, 0.717) is 11.8 Å². The van der Waals surface area contributed by atoms with Gasteiger partial charge in [-0.05, 0) is 31.1 Å². The minimum absolute atomic E-state index is 0.0737. The molecule has 0 aromatic carbocycles. The molecular weight excluding hydrogens is 200 g/mol. The normalized spacial score (nSPS) is 39.9. The molecule has 3 heteroatoms. The highest BCUT2D eigenvalue weighted by Crippen LogP contribution is 2.56. The Morgan fingerprint density at radius 2 is 1.88 bits per heavy atom. The van der Waals surface area contributed by atoms with E-state index in [9.17, 15) is 4.79 Å². The molecule has 3 rings (SSSR count). The Hall–Kier alpha value is -0.570. The topological polar surface area (TPSA) is 46.3 Å². The molecule has 2 N–H and O–H groups in total. The van der Waals surface area contributed by atoms with Crippen LogP contribution in [-0.2, 0) is 4.79 Å². The van der Waals surface area contributed by atoms with Crippen molar-refractivity contribution in [1.82, 2.24) is 4.90 Å². The first kappa shape index (κ1) is 10.6. The fourth-order valence-electron chi connectivity index (χ4n) is 3.66. The Morgan fingerprint density at radius 1 is 1.31 bits per heavy atom. The molecule has 2 atom stereocenters. The monoisotopic (exact) mass is 222 g/mol. The number of amides is 1. The van der Waals surface area contributed by atoms with E-state index >= 15 is 0 Å². The maximum atomic E-state index is 12.2. The molecule has 0 spiro atoms. The third-order valence-corrected chi connectivity index (χ3v) is 4.97. The van der Waals surface area contributed by atoms with E-state index in [0.717, 1.165) is 31.3 Å². The molecule has 1 amide bonds. The lowest BCUT2D eigenvalue weighted by molar-refractivity contribution is -0.140. The summed E-state index contributed by atoms with van der Waals surface area (Å²) in [4.78, 5) is 14.2. The predicted octanol–water partition coefficient (Wildman–Crippen LogP) is 1.37. The van der Waals surface area contributed by atoms with Crippen molar-refractivity contribution >= 4 is 5.91 Å². The molecule has 2 unspecified atom stereocenters. The summed E-state index contributed by atoms with van der Waals surface area (Å²) in [5.74, 6) is 2.25. The number of fused-ring (bicyclic) bond motifs is 1. The van der Waals surface area contributed by atoms with Gasteiger partial charge in [0.05, 0.1) is 5.54 Å². The summed E-state index contributed by atoms with van der Waals surface area (Å²) in [5, 5.41) is 0. The molecule has 16 heavy (non-hydrogen) atoms. The Bertz CT molecular complexity index is 297. The average molecular weight is 222 g/mol. The van der Waals surface area contributed by atoms with E-state index in [1.165, 1.54) is 25.7 Å². The van der Waals surface area contributed by atoms with Crippen molar-refractivity contribution in [3.8, 4) is 0 Å². The number of hydrogen-bond donors (Lipinski definition) is 1. The van der Waals surface area contributed by atoms with Gasteiger partial charge in [-0.25, -0.2) is 0 Å². The van der Waals surface area contributed by atoms with Gasteiger partial charge in [-0.2, -0.15) is 0 Å². The Kier molecular flexibility index (Phi) is 2.29. The lowest BCUT2D eigenvalue weighted by atomic mass is 9.88. The quantitative estimate of drug-likeness (QED) is 0.767. The van der Waals surface area contributed by atoms with Crippen LogP contribution in [-0.4, -0.2) is 29.4 Å². The number of rotatable bonds is 2. The summed E-state index contributed by atoms with van der Waals surface area (Å²) in [6.07, 6.45) is 6.22. The number of carbonyl (C=O) groups is 1. The molecule has 3 fully saturated rings. The van der Waals surface area contributed by atoms with Crippen LogP contribution in [0.3, 0.4) is 0 Å². The van der Waals surface area contributed by atoms with Crippen LogP contribution in [0.2, 0.25) is 0 Å². The highest BCUT2D eigenvalue weighted by molar-refractivity contribution is 5.83. The molecule has 2 saturated carbocycles. The molecule has 0 radical (unpaired) electrons. The smallest absolute Gasteiger partial charge is 0.226 e. The SMILES string of the molecule is CCC1(N)CN(C(=O)C2C3CCCCC32)C1. The standard InChI is InChI=1S/C13H22N2O/c1-2-13(14)7-15(8-13)12(16)11-9-5-3-4-6-10(9)11/h9-11H,2-8,14H2,1H3. The van der Waals surface area contributed by atoms with E-state index < -0.39 is 0 Å². The molecule has 1 heterocycles. The van der Waals surface area contributed by atoms with Gasteiger partial charge in [0.15, 0.2) is 0 Å². The van der Waals surface area contributed by atoms with Crippen LogP contribution in [0.4, 0.5) is 0 Å². The van der Waals surface area contributed by atoms with E-state index in [2.05, 4.69) is 6.92 Å². The molecule has 0 aromatic rings. The van der Waals surface area contributed by atoms with Gasteiger partial charge in [0.2, 0.25) is 5.91 Å². The summed E-state index contributed by atoms with van der Waals surface area (Å²) in [6, 6.07) is 0. The van der Waals surface area contributed by atoms with Crippen molar-refractivity contribution in [2.24, 2.45) is 23.5 Å². The Morgan fingerprint density at radius 3 is 2.38 bits per heavy atom. The fraction of sp³-hybridized carbons (Fsp3) is 0.923. The summed E-state index contributed by atoms with van der Waals surface area (Å²) >= 11 is 0. The molecule has 1 aliphatic heterocycles. The molecule has 1 saturated heterocycles. The van der Waals surface area contributed by atoms with E-state index in [1.807, 2.05) is 4.90 Å². The first-order valence-electron chi connectivity index (χ1n) is 6.72. The van der Waals surface area contributed by atoms with E-state index in [-0.39, 0.29) is 5.54 Å². The largest absolute Gasteiger partial charge is 0.339 e. The lowest BCUT2D eigenvalue weighted by Gasteiger charge is -2.47. The van der Waals surface area contributed by atoms with Crippen molar-refractivity contribution in [3.05, 3.63) is 0 Å². The lowest BCUT2D eigenvalue weighted by Crippen LogP contribution is -2.68. The maximum Gasteiger partial charge on any atom is 0.226 e. The molecule has 3 nitrogen and oxygen atoms in total. The second-order valence-corrected chi connectivity index (χ2v) is 6.05. The van der Waals surface area contributed by atoms with Gasteiger partial charge in [0.25, 0.3) is 0 Å². The van der Waals surface area contributed by atoms with Crippen LogP contribution in [0, 0.1) is 17.8 Å². The zero-order valence-corrected chi connectivity index (χ0v) is 10.1. The van der Waals surface area contributed by atoms with Gasteiger partial charge in [-0.15, -0.1) is 0 Å². The average Bonchev–Trinajstić information content (AvgIpc) is 2.98. The predicted molar refractivity (Wildman–Crippen MR) is 62.7 cm³/mol. The van der Waals surface area contributed by atoms with Crippen molar-refractivity contribution in [3.63, 3.8) is 0 Å². The van der Waals surface area contributed by atoms with Gasteiger partial charge >= 0.3 is 0 Å². The summed E-state index contributed by atoms with van der Waals surface area (Å²) in [6.45, 7) is 3.69. The third-order valence-electron chi connectivity index (χ3n) is 4.97. The van der Waals surface area contributed by atoms with Crippen molar-refractivity contribution in [2.75, 3.05) is 13.1 Å². The van der Waals surface area contributed by atoms with Crippen molar-refractivity contribution < 1.29 is 4.79 Å². The summed E-state index contributed by atoms with van der Waals surface area (Å²) in [5.41, 5.74) is 6.03. The summed E-state index contributed by atoms with van der Waals surface area (Å²) in [7, 11) is 0. The van der Waals surface area contributed by atoms with Crippen LogP contribution in [0.15, 0.2) is 0 Å². The van der Waals surface area contributed by atoms with Crippen LogP contribution >= 0.6 is 0 Å². The molecule has 90 valence electrons. The Labute approximate surface area is 97.4 Å². The molecule has 0 bridgehead atoms. The van der Waals surface area contributed by atoms with Crippen LogP contribution in [0.25, 0.3) is 0 Å². The molecule has 2 aliphatic carbocycles. The number of nitrogens with two attached hydrogens (primary N) is 1. The van der Waals surface area contributed by atoms with Crippen molar-refractivity contribution in [2.45, 2.75) is 44.6 Å². The number of hydrogen-bond acceptors (Lipinski definition) is 2. The van der Waals surface area contributed by atoms with Gasteiger partial charge in [-0.3, -0.25) is 4.79 Å². The zero-order chi connectivity index (χ0) is 11.3. The highest BCUT2D eigenvalue weighted by Gasteiger charge is 2.57. The van der Waals surface area contributed by atoms with Gasteiger partial charge in [0.1, 0.15) is 0 Å². The van der Waals surface area contributed by atoms with E-state index in [1.54, 1.807) is 0 Å². The zero-order valence-electron chi connectivity index (χ0n) is 10.1. The second kappa shape index (κ2) is 3.46. The first-order chi connectivity index (χ1) is 7.64. The highest BCUT2D eigenvalue weighted by atomic mass is 16.2. The molecular formula is C13H22N2O. The number of nitrogens with zero attached hydrogens (tertiary/aromatic N) is 1. The van der Waals surface area contributed by atoms with Gasteiger partial charge < -0.3 is 10.6 Å². The minimum atomic E-state index is -0.0737. The first-order valence-corrected chi connectivity index (χ1v) is 6.72. The fourth-order valence-corrected chi connectivity index (χ4v) is 3.66. The van der Waals surface area contributed by atoms with Crippen molar-refractivity contribution in [1.29, 1.82) is 0 Å². The van der Waals surface area contributed by atoms with Gasteiger partial charge in [-0.1, -0.05) is 19.8 Å². The van der Waals surface area contributed by atoms with Crippen LogP contribution in [0.1, 0.15) is 39.0 Å². The third kappa shape index (κ3) is 1.48. The van der Waals surface area contributed by atoms with E-state index in [4.69, 9.17) is 5.73 Å². The van der Waals surface area contributed by atoms with Gasteiger partial charge in [0, 0.05) is 19.0 Å². The minimum Gasteiger partial charge on any atom is -0.339 e. The maximum absolute atomic E-state index is 12.2. The second-order valence-electron chi connectivity index (χ2n) is 6.05. The number of carbonyl (C=O) groups excluding carboxylic acids is 1. The molecule has 0 aromatic heterocycles. The molecule has 3 aliphatic rings. The van der Waals surface area contributed by atoms with Crippen LogP contribution < -0.4 is 5.73 Å². The summed E-state index contributed by atoms with van der Waals surface area (Å²) < 4.78 is 0. The Balaban J connectivity index is 1.56. The number of likely N-dealkylation sites (tertiary alicyclic amines) is 1. The van der Waals surface area contributed by atoms with Crippen LogP contribution in [0.5, 0.6) is 0 Å².